The number of rotatable bonds is 7. The van der Waals surface area contributed by atoms with Crippen molar-refractivity contribution in [1.82, 2.24) is 9.78 Å². The Morgan fingerprint density at radius 2 is 1.67 bits per heavy atom. The van der Waals surface area contributed by atoms with Crippen molar-refractivity contribution in [2.24, 2.45) is 0 Å². The maximum atomic E-state index is 12.8. The monoisotopic (exact) mass is 411 g/mol. The van der Waals surface area contributed by atoms with Gasteiger partial charge in [0.1, 0.15) is 11.6 Å². The number of aryl methyl sites for hydroxylation is 2. The zero-order valence-corrected chi connectivity index (χ0v) is 16.9. The minimum atomic E-state index is -0.710. The second kappa shape index (κ2) is 9.21. The lowest BCUT2D eigenvalue weighted by atomic mass is 10.2. The van der Waals surface area contributed by atoms with Gasteiger partial charge >= 0.3 is 5.97 Å². The van der Waals surface area contributed by atoms with Crippen molar-refractivity contribution < 1.29 is 23.5 Å². The van der Waals surface area contributed by atoms with Crippen LogP contribution in [0.1, 0.15) is 17.0 Å². The number of hydrogen-bond donors (Lipinski definition) is 1. The first kappa shape index (κ1) is 21.0. The molecular weight excluding hydrogens is 389 g/mol. The molecule has 1 aromatic heterocycles. The normalized spacial score (nSPS) is 10.5. The van der Waals surface area contributed by atoms with E-state index in [1.54, 1.807) is 11.6 Å². The molecule has 3 rings (SSSR count). The van der Waals surface area contributed by atoms with E-state index in [-0.39, 0.29) is 6.61 Å². The Labute approximate surface area is 173 Å². The summed E-state index contributed by atoms with van der Waals surface area (Å²) in [5, 5.41) is 7.21. The van der Waals surface area contributed by atoms with E-state index in [4.69, 9.17) is 9.47 Å². The van der Waals surface area contributed by atoms with Crippen molar-refractivity contribution in [2.45, 2.75) is 20.8 Å². The summed E-state index contributed by atoms with van der Waals surface area (Å²) in [5.41, 5.74) is 3.99. The molecule has 0 saturated carbocycles. The second-order valence-electron chi connectivity index (χ2n) is 6.74. The van der Waals surface area contributed by atoms with Crippen LogP contribution in [0.15, 0.2) is 48.5 Å². The number of amides is 1. The number of carbonyl (C=O) groups is 2. The maximum absolute atomic E-state index is 12.8. The summed E-state index contributed by atoms with van der Waals surface area (Å²) in [7, 11) is 0. The molecule has 156 valence electrons. The van der Waals surface area contributed by atoms with Gasteiger partial charge in [-0.05, 0) is 57.2 Å². The van der Waals surface area contributed by atoms with Crippen LogP contribution in [-0.4, -0.2) is 34.9 Å². The van der Waals surface area contributed by atoms with E-state index in [9.17, 15) is 14.0 Å². The van der Waals surface area contributed by atoms with Crippen LogP contribution in [0.25, 0.3) is 5.69 Å². The van der Waals surface area contributed by atoms with Gasteiger partial charge in [0, 0.05) is 0 Å². The summed E-state index contributed by atoms with van der Waals surface area (Å²) >= 11 is 0. The summed E-state index contributed by atoms with van der Waals surface area (Å²) in [6.45, 7) is 4.79. The predicted octanol–water partition coefficient (Wildman–Crippen LogP) is 3.50. The molecule has 7 nitrogen and oxygen atoms in total. The van der Waals surface area contributed by atoms with Crippen molar-refractivity contribution >= 4 is 17.6 Å². The van der Waals surface area contributed by atoms with Crippen molar-refractivity contribution in [3.05, 3.63) is 71.3 Å². The lowest BCUT2D eigenvalue weighted by Crippen LogP contribution is -2.24. The molecule has 0 unspecified atom stereocenters. The Hall–Kier alpha value is -3.68. The molecule has 0 fully saturated rings. The van der Waals surface area contributed by atoms with Crippen LogP contribution < -0.4 is 10.1 Å². The number of benzene rings is 2. The van der Waals surface area contributed by atoms with Crippen molar-refractivity contribution in [3.63, 3.8) is 0 Å². The first-order valence-electron chi connectivity index (χ1n) is 9.30. The summed E-state index contributed by atoms with van der Waals surface area (Å²) in [6, 6.07) is 13.1. The van der Waals surface area contributed by atoms with Gasteiger partial charge in [0.05, 0.1) is 22.8 Å². The Balaban J connectivity index is 1.54. The molecule has 3 aromatic rings. The average molecular weight is 411 g/mol. The first-order chi connectivity index (χ1) is 14.3. The minimum absolute atomic E-state index is 0.326. The zero-order chi connectivity index (χ0) is 21.7. The van der Waals surface area contributed by atoms with Crippen molar-refractivity contribution in [1.29, 1.82) is 0 Å². The van der Waals surface area contributed by atoms with Gasteiger partial charge in [-0.25, -0.2) is 13.9 Å². The summed E-state index contributed by atoms with van der Waals surface area (Å²) < 4.78 is 24.7. The minimum Gasteiger partial charge on any atom is -0.482 e. The maximum Gasteiger partial charge on any atom is 0.344 e. The van der Waals surface area contributed by atoms with Crippen LogP contribution in [-0.2, 0) is 14.3 Å². The molecule has 0 aliphatic heterocycles. The number of ether oxygens (including phenoxy) is 2. The largest absolute Gasteiger partial charge is 0.482 e. The molecule has 0 spiro atoms. The molecule has 1 amide bonds. The van der Waals surface area contributed by atoms with Crippen LogP contribution in [0.2, 0.25) is 0 Å². The van der Waals surface area contributed by atoms with Gasteiger partial charge in [-0.15, -0.1) is 0 Å². The first-order valence-corrected chi connectivity index (χ1v) is 9.30. The number of esters is 1. The van der Waals surface area contributed by atoms with Crippen molar-refractivity contribution in [3.8, 4) is 11.4 Å². The van der Waals surface area contributed by atoms with Crippen LogP contribution in [0, 0.1) is 26.6 Å². The molecule has 0 aliphatic rings. The lowest BCUT2D eigenvalue weighted by molar-refractivity contribution is -0.149. The van der Waals surface area contributed by atoms with Gasteiger partial charge in [0.2, 0.25) is 0 Å². The molecule has 0 atom stereocenters. The number of aromatic nitrogens is 2. The number of hydrogen-bond acceptors (Lipinski definition) is 5. The molecule has 1 heterocycles. The SMILES string of the molecule is Cc1ccc(-n2nc(C)c(NC(=O)COC(=O)COc3ccc(F)cc3)c2C)cc1. The number of carbonyl (C=O) groups excluding carboxylic acids is 2. The molecule has 0 radical (unpaired) electrons. The number of nitrogens with one attached hydrogen (secondary N) is 1. The third kappa shape index (κ3) is 5.22. The third-order valence-corrected chi connectivity index (χ3v) is 4.37. The average Bonchev–Trinajstić information content (AvgIpc) is 3.00. The molecule has 1 N–H and O–H groups in total. The van der Waals surface area contributed by atoms with Gasteiger partial charge < -0.3 is 14.8 Å². The predicted molar refractivity (Wildman–Crippen MR) is 109 cm³/mol. The molecule has 0 aliphatic carbocycles. The van der Waals surface area contributed by atoms with E-state index in [0.29, 0.717) is 17.1 Å². The van der Waals surface area contributed by atoms with Gasteiger partial charge in [0.25, 0.3) is 5.91 Å². The van der Waals surface area contributed by atoms with Crippen molar-refractivity contribution in [2.75, 3.05) is 18.5 Å². The molecule has 8 heteroatoms. The van der Waals surface area contributed by atoms with Gasteiger partial charge in [-0.1, -0.05) is 17.7 Å². The van der Waals surface area contributed by atoms with Crippen LogP contribution in [0.5, 0.6) is 5.75 Å². The fourth-order valence-corrected chi connectivity index (χ4v) is 2.80. The molecule has 2 aromatic carbocycles. The fraction of sp³-hybridized carbons (Fsp3) is 0.227. The van der Waals surface area contributed by atoms with Crippen LogP contribution >= 0.6 is 0 Å². The smallest absolute Gasteiger partial charge is 0.344 e. The highest BCUT2D eigenvalue weighted by molar-refractivity contribution is 5.94. The summed E-state index contributed by atoms with van der Waals surface area (Å²) in [4.78, 5) is 24.0. The molecule has 30 heavy (non-hydrogen) atoms. The van der Waals surface area contributed by atoms with E-state index in [0.717, 1.165) is 16.9 Å². The van der Waals surface area contributed by atoms with Gasteiger partial charge in [-0.3, -0.25) is 4.79 Å². The van der Waals surface area contributed by atoms with E-state index >= 15 is 0 Å². The van der Waals surface area contributed by atoms with E-state index < -0.39 is 24.3 Å². The summed E-state index contributed by atoms with van der Waals surface area (Å²) in [5.74, 6) is -1.27. The van der Waals surface area contributed by atoms with E-state index in [1.165, 1.54) is 24.3 Å². The number of nitrogens with zero attached hydrogens (tertiary/aromatic N) is 2. The Morgan fingerprint density at radius 3 is 2.33 bits per heavy atom. The van der Waals surface area contributed by atoms with Gasteiger partial charge in [0.15, 0.2) is 13.2 Å². The molecular formula is C22H22FN3O4. The van der Waals surface area contributed by atoms with E-state index in [2.05, 4.69) is 10.4 Å². The number of halogens is 1. The Kier molecular flexibility index (Phi) is 6.46. The van der Waals surface area contributed by atoms with Crippen LogP contribution in [0.4, 0.5) is 10.1 Å². The Morgan fingerprint density at radius 1 is 1.00 bits per heavy atom. The molecule has 0 saturated heterocycles. The zero-order valence-electron chi connectivity index (χ0n) is 16.9. The van der Waals surface area contributed by atoms with Crippen LogP contribution in [0.3, 0.4) is 0 Å². The molecule has 0 bridgehead atoms. The highest BCUT2D eigenvalue weighted by Crippen LogP contribution is 2.23. The fourth-order valence-electron chi connectivity index (χ4n) is 2.80. The topological polar surface area (TPSA) is 82.5 Å². The Bertz CT molecular complexity index is 1040. The summed E-state index contributed by atoms with van der Waals surface area (Å²) in [6.07, 6.45) is 0. The highest BCUT2D eigenvalue weighted by Gasteiger charge is 2.16. The quantitative estimate of drug-likeness (QED) is 0.602. The highest BCUT2D eigenvalue weighted by atomic mass is 19.1. The third-order valence-electron chi connectivity index (χ3n) is 4.37. The standard InChI is InChI=1S/C22H22FN3O4/c1-14-4-8-18(9-5-14)26-16(3)22(15(2)25-26)24-20(27)12-30-21(28)13-29-19-10-6-17(23)7-11-19/h4-11H,12-13H2,1-3H3,(H,24,27). The number of anilines is 1. The lowest BCUT2D eigenvalue weighted by Gasteiger charge is -2.09. The van der Waals surface area contributed by atoms with Gasteiger partial charge in [-0.2, -0.15) is 5.10 Å². The second-order valence-corrected chi connectivity index (χ2v) is 6.74. The van der Waals surface area contributed by atoms with E-state index in [1.807, 2.05) is 38.1 Å².